The quantitative estimate of drug-likeness (QED) is 0.291. The molecule has 1 amide bonds. The summed E-state index contributed by atoms with van der Waals surface area (Å²) in [4.78, 5) is 27.3. The molecule has 1 saturated carbocycles. The van der Waals surface area contributed by atoms with Crippen LogP contribution in [0.5, 0.6) is 0 Å². The SMILES string of the molecule is CN(C)[C@H](CNC(=O)[C@H]1C[C@@H]1c1ccccc1)Cc1ccc2c(c1)oc(=O)n2COCC[Si](C)(C)C. The van der Waals surface area contributed by atoms with Gasteiger partial charge in [0, 0.05) is 33.2 Å². The minimum Gasteiger partial charge on any atom is -0.408 e. The van der Waals surface area contributed by atoms with Crippen LogP contribution in [0.3, 0.4) is 0 Å². The molecule has 0 spiro atoms. The Labute approximate surface area is 214 Å². The van der Waals surface area contributed by atoms with Crippen molar-refractivity contribution in [1.82, 2.24) is 14.8 Å². The van der Waals surface area contributed by atoms with E-state index in [9.17, 15) is 9.59 Å². The highest BCUT2D eigenvalue weighted by Crippen LogP contribution is 2.47. The summed E-state index contributed by atoms with van der Waals surface area (Å²) in [5.41, 5.74) is 3.61. The van der Waals surface area contributed by atoms with Gasteiger partial charge in [-0.1, -0.05) is 56.0 Å². The van der Waals surface area contributed by atoms with Gasteiger partial charge < -0.3 is 19.4 Å². The first kappa shape index (κ1) is 26.4. The summed E-state index contributed by atoms with van der Waals surface area (Å²) >= 11 is 0. The molecular formula is C28H39N3O4Si. The van der Waals surface area contributed by atoms with Gasteiger partial charge in [-0.3, -0.25) is 4.79 Å². The molecule has 0 aliphatic heterocycles. The Morgan fingerprint density at radius 3 is 2.64 bits per heavy atom. The van der Waals surface area contributed by atoms with Gasteiger partial charge in [-0.15, -0.1) is 0 Å². The molecule has 194 valence electrons. The van der Waals surface area contributed by atoms with E-state index in [1.165, 1.54) is 5.56 Å². The number of rotatable bonds is 12. The molecule has 2 aromatic carbocycles. The smallest absolute Gasteiger partial charge is 0.408 e. The average molecular weight is 510 g/mol. The number of fused-ring (bicyclic) bond motifs is 1. The molecule has 8 heteroatoms. The number of nitrogens with zero attached hydrogens (tertiary/aromatic N) is 2. The van der Waals surface area contributed by atoms with Crippen molar-refractivity contribution in [2.45, 2.75) is 57.2 Å². The van der Waals surface area contributed by atoms with Crippen molar-refractivity contribution in [2.24, 2.45) is 5.92 Å². The van der Waals surface area contributed by atoms with Gasteiger partial charge in [0.1, 0.15) is 6.73 Å². The van der Waals surface area contributed by atoms with Crippen LogP contribution in [-0.2, 0) is 22.7 Å². The van der Waals surface area contributed by atoms with E-state index in [2.05, 4.69) is 42.0 Å². The van der Waals surface area contributed by atoms with Crippen LogP contribution in [0.1, 0.15) is 23.5 Å². The van der Waals surface area contributed by atoms with Crippen LogP contribution in [-0.4, -0.2) is 56.7 Å². The lowest BCUT2D eigenvalue weighted by atomic mass is 10.0. The van der Waals surface area contributed by atoms with E-state index in [0.717, 1.165) is 30.0 Å². The molecule has 0 bridgehead atoms. The highest BCUT2D eigenvalue weighted by Gasteiger charge is 2.43. The van der Waals surface area contributed by atoms with E-state index >= 15 is 0 Å². The lowest BCUT2D eigenvalue weighted by molar-refractivity contribution is -0.122. The number of carbonyl (C=O) groups is 1. The van der Waals surface area contributed by atoms with Crippen LogP contribution >= 0.6 is 0 Å². The van der Waals surface area contributed by atoms with Gasteiger partial charge in [-0.2, -0.15) is 0 Å². The summed E-state index contributed by atoms with van der Waals surface area (Å²) in [7, 11) is 2.86. The molecule has 36 heavy (non-hydrogen) atoms. The normalized spacial score (nSPS) is 18.5. The highest BCUT2D eigenvalue weighted by atomic mass is 28.3. The van der Waals surface area contributed by atoms with Gasteiger partial charge in [0.25, 0.3) is 0 Å². The van der Waals surface area contributed by atoms with Crippen molar-refractivity contribution in [3.8, 4) is 0 Å². The largest absolute Gasteiger partial charge is 0.421 e. The molecule has 4 rings (SSSR count). The van der Waals surface area contributed by atoms with E-state index in [-0.39, 0.29) is 24.6 Å². The number of benzene rings is 2. The Morgan fingerprint density at radius 2 is 1.94 bits per heavy atom. The molecule has 3 aromatic rings. The van der Waals surface area contributed by atoms with Gasteiger partial charge in [0.05, 0.1) is 5.52 Å². The summed E-state index contributed by atoms with van der Waals surface area (Å²) in [5, 5.41) is 3.16. The standard InChI is InChI=1S/C28H39N3O4Si/c1-30(2)22(18-29-27(32)24-17-23(24)21-9-7-6-8-10-21)15-20-11-12-25-26(16-20)35-28(33)31(25)19-34-13-14-36(3,4)5/h6-12,16,22-24H,13-15,17-19H2,1-5H3,(H,29,32)/t22-,23+,24-/m0/s1. The molecule has 0 saturated heterocycles. The van der Waals surface area contributed by atoms with Crippen molar-refractivity contribution >= 4 is 25.1 Å². The average Bonchev–Trinajstić information content (AvgIpc) is 3.57. The van der Waals surface area contributed by atoms with Crippen molar-refractivity contribution < 1.29 is 13.9 Å². The third-order valence-electron chi connectivity index (χ3n) is 7.02. The first-order chi connectivity index (χ1) is 17.1. The number of hydrogen-bond acceptors (Lipinski definition) is 5. The predicted molar refractivity (Wildman–Crippen MR) is 146 cm³/mol. The minimum atomic E-state index is -1.18. The minimum absolute atomic E-state index is 0.0635. The van der Waals surface area contributed by atoms with Crippen LogP contribution in [0.15, 0.2) is 57.7 Å². The molecule has 1 aromatic heterocycles. The number of oxazole rings is 1. The summed E-state index contributed by atoms with van der Waals surface area (Å²) in [5.74, 6) is 0.124. The maximum Gasteiger partial charge on any atom is 0.421 e. The first-order valence-corrected chi connectivity index (χ1v) is 16.5. The Kier molecular flexibility index (Phi) is 8.17. The van der Waals surface area contributed by atoms with Gasteiger partial charge >= 0.3 is 5.76 Å². The lowest BCUT2D eigenvalue weighted by Crippen LogP contribution is -2.42. The Morgan fingerprint density at radius 1 is 1.19 bits per heavy atom. The van der Waals surface area contributed by atoms with Crippen molar-refractivity contribution in [2.75, 3.05) is 27.2 Å². The van der Waals surface area contributed by atoms with Gasteiger partial charge in [-0.25, -0.2) is 9.36 Å². The molecule has 7 nitrogen and oxygen atoms in total. The number of aromatic nitrogens is 1. The number of carbonyl (C=O) groups excluding carboxylic acids is 1. The first-order valence-electron chi connectivity index (χ1n) is 12.8. The summed E-state index contributed by atoms with van der Waals surface area (Å²) in [6.45, 7) is 8.33. The van der Waals surface area contributed by atoms with Crippen LogP contribution in [0, 0.1) is 5.92 Å². The highest BCUT2D eigenvalue weighted by molar-refractivity contribution is 6.76. The molecule has 0 radical (unpaired) electrons. The van der Waals surface area contributed by atoms with E-state index in [1.807, 2.05) is 50.5 Å². The number of nitrogens with one attached hydrogen (secondary N) is 1. The molecule has 1 N–H and O–H groups in total. The number of likely N-dealkylation sites (N-methyl/N-ethyl adjacent to an activating group) is 1. The summed E-state index contributed by atoms with van der Waals surface area (Å²) in [6, 6.07) is 17.3. The van der Waals surface area contributed by atoms with E-state index in [4.69, 9.17) is 9.15 Å². The zero-order chi connectivity index (χ0) is 25.9. The maximum absolute atomic E-state index is 12.8. The van der Waals surface area contributed by atoms with Crippen molar-refractivity contribution in [1.29, 1.82) is 0 Å². The fourth-order valence-electron chi connectivity index (χ4n) is 4.51. The van der Waals surface area contributed by atoms with Crippen LogP contribution in [0.2, 0.25) is 25.7 Å². The fourth-order valence-corrected chi connectivity index (χ4v) is 5.26. The summed E-state index contributed by atoms with van der Waals surface area (Å²) < 4.78 is 12.8. The predicted octanol–water partition coefficient (Wildman–Crippen LogP) is 4.30. The molecule has 3 atom stereocenters. The van der Waals surface area contributed by atoms with Crippen molar-refractivity contribution in [3.05, 3.63) is 70.2 Å². The number of hydrogen-bond donors (Lipinski definition) is 1. The second-order valence-corrected chi connectivity index (χ2v) is 17.0. The zero-order valence-electron chi connectivity index (χ0n) is 22.1. The lowest BCUT2D eigenvalue weighted by Gasteiger charge is -2.25. The molecule has 1 heterocycles. The zero-order valence-corrected chi connectivity index (χ0v) is 23.1. The third-order valence-corrected chi connectivity index (χ3v) is 8.72. The van der Waals surface area contributed by atoms with Gasteiger partial charge in [0.2, 0.25) is 5.91 Å². The van der Waals surface area contributed by atoms with Crippen molar-refractivity contribution in [3.63, 3.8) is 0 Å². The number of amides is 1. The molecule has 1 aliphatic carbocycles. The topological polar surface area (TPSA) is 76.7 Å². The molecular weight excluding hydrogens is 470 g/mol. The second-order valence-electron chi connectivity index (χ2n) is 11.4. The third kappa shape index (κ3) is 6.75. The Bertz CT molecular complexity index is 1230. The maximum atomic E-state index is 12.8. The van der Waals surface area contributed by atoms with Crippen LogP contribution in [0.4, 0.5) is 0 Å². The van der Waals surface area contributed by atoms with E-state index < -0.39 is 13.8 Å². The Hall–Kier alpha value is -2.68. The summed E-state index contributed by atoms with van der Waals surface area (Å²) in [6.07, 6.45) is 1.65. The van der Waals surface area contributed by atoms with Crippen LogP contribution < -0.4 is 11.1 Å². The molecule has 1 aliphatic rings. The Balaban J connectivity index is 1.34. The fraction of sp³-hybridized carbons (Fsp3) is 0.500. The second kappa shape index (κ2) is 11.1. The van der Waals surface area contributed by atoms with Crippen LogP contribution in [0.25, 0.3) is 11.1 Å². The van der Waals surface area contributed by atoms with E-state index in [0.29, 0.717) is 24.7 Å². The van der Waals surface area contributed by atoms with E-state index in [1.54, 1.807) is 4.57 Å². The van der Waals surface area contributed by atoms with Gasteiger partial charge in [-0.05, 0) is 62.2 Å². The molecule has 1 fully saturated rings. The monoisotopic (exact) mass is 509 g/mol. The molecule has 0 unspecified atom stereocenters. The van der Waals surface area contributed by atoms with Gasteiger partial charge in [0.15, 0.2) is 5.58 Å². The number of ether oxygens (including phenoxy) is 1.